The number of aromatic nitrogens is 1. The van der Waals surface area contributed by atoms with Gasteiger partial charge in [-0.25, -0.2) is 4.98 Å². The lowest BCUT2D eigenvalue weighted by molar-refractivity contribution is 0.464. The van der Waals surface area contributed by atoms with Crippen LogP contribution in [0.3, 0.4) is 0 Å². The van der Waals surface area contributed by atoms with Crippen molar-refractivity contribution < 1.29 is 4.74 Å². The minimum Gasteiger partial charge on any atom is -0.439 e. The van der Waals surface area contributed by atoms with Crippen LogP contribution in [0.4, 0.5) is 0 Å². The number of nitrogens with zero attached hydrogens (tertiary/aromatic N) is 1. The summed E-state index contributed by atoms with van der Waals surface area (Å²) in [4.78, 5) is 4.44. The number of para-hydroxylation sites is 1. The largest absolute Gasteiger partial charge is 0.439 e. The maximum Gasteiger partial charge on any atom is 0.219 e. The minimum atomic E-state index is 0.608. The molecular weight excluding hydrogens is 294 g/mol. The standard InChI is InChI=1S/C22H17NO/c1-16-12-13-18-15-23-21(24-19-10-6-3-7-11-19)14-20(18)22(16)17-8-4-2-5-9-17/h2-15H,1H3. The zero-order valence-corrected chi connectivity index (χ0v) is 13.4. The van der Waals surface area contributed by atoms with Gasteiger partial charge in [0.2, 0.25) is 5.88 Å². The van der Waals surface area contributed by atoms with Crippen LogP contribution in [0.15, 0.2) is 85.1 Å². The Labute approximate surface area is 141 Å². The van der Waals surface area contributed by atoms with Gasteiger partial charge >= 0.3 is 0 Å². The van der Waals surface area contributed by atoms with Crippen LogP contribution in [-0.2, 0) is 0 Å². The van der Waals surface area contributed by atoms with Gasteiger partial charge in [0, 0.05) is 17.6 Å². The molecule has 0 bridgehead atoms. The Morgan fingerprint density at radius 1 is 0.792 bits per heavy atom. The Hall–Kier alpha value is -3.13. The summed E-state index contributed by atoms with van der Waals surface area (Å²) in [5, 5.41) is 2.27. The van der Waals surface area contributed by atoms with Crippen molar-refractivity contribution >= 4 is 10.8 Å². The number of ether oxygens (including phenoxy) is 1. The van der Waals surface area contributed by atoms with E-state index in [0.717, 1.165) is 16.5 Å². The quantitative estimate of drug-likeness (QED) is 0.463. The average Bonchev–Trinajstić information content (AvgIpc) is 2.63. The smallest absolute Gasteiger partial charge is 0.219 e. The highest BCUT2D eigenvalue weighted by atomic mass is 16.5. The van der Waals surface area contributed by atoms with Crippen LogP contribution in [0.1, 0.15) is 5.56 Å². The van der Waals surface area contributed by atoms with Crippen LogP contribution >= 0.6 is 0 Å². The van der Waals surface area contributed by atoms with Gasteiger partial charge in [-0.3, -0.25) is 0 Å². The summed E-state index contributed by atoms with van der Waals surface area (Å²) in [6, 6.07) is 26.5. The third-order valence-corrected chi connectivity index (χ3v) is 4.11. The molecule has 1 heterocycles. The van der Waals surface area contributed by atoms with E-state index in [1.807, 2.05) is 48.7 Å². The van der Waals surface area contributed by atoms with E-state index in [-0.39, 0.29) is 0 Å². The van der Waals surface area contributed by atoms with E-state index in [4.69, 9.17) is 4.74 Å². The van der Waals surface area contributed by atoms with Crippen LogP contribution < -0.4 is 4.74 Å². The van der Waals surface area contributed by atoms with E-state index in [1.54, 1.807) is 0 Å². The highest BCUT2D eigenvalue weighted by molar-refractivity contribution is 5.98. The second-order valence-corrected chi connectivity index (χ2v) is 5.78. The Morgan fingerprint density at radius 3 is 2.25 bits per heavy atom. The Bertz CT molecular complexity index is 979. The first-order valence-electron chi connectivity index (χ1n) is 7.99. The molecule has 0 fully saturated rings. The van der Waals surface area contributed by atoms with E-state index in [2.05, 4.69) is 48.3 Å². The predicted octanol–water partition coefficient (Wildman–Crippen LogP) is 6.00. The molecule has 0 unspecified atom stereocenters. The van der Waals surface area contributed by atoms with Gasteiger partial charge in [-0.2, -0.15) is 0 Å². The highest BCUT2D eigenvalue weighted by Gasteiger charge is 2.09. The first kappa shape index (κ1) is 14.5. The van der Waals surface area contributed by atoms with Crippen molar-refractivity contribution in [3.8, 4) is 22.8 Å². The van der Waals surface area contributed by atoms with E-state index < -0.39 is 0 Å². The second-order valence-electron chi connectivity index (χ2n) is 5.78. The third kappa shape index (κ3) is 2.74. The summed E-state index contributed by atoms with van der Waals surface area (Å²) in [7, 11) is 0. The molecule has 0 N–H and O–H groups in total. The second kappa shape index (κ2) is 6.17. The van der Waals surface area contributed by atoms with Gasteiger partial charge in [0.25, 0.3) is 0 Å². The normalized spacial score (nSPS) is 10.7. The molecule has 4 aromatic rings. The van der Waals surface area contributed by atoms with Crippen LogP contribution in [-0.4, -0.2) is 4.98 Å². The molecule has 0 radical (unpaired) electrons. The number of aryl methyl sites for hydroxylation is 1. The van der Waals surface area contributed by atoms with Crippen molar-refractivity contribution in [2.75, 3.05) is 0 Å². The summed E-state index contributed by atoms with van der Waals surface area (Å²) < 4.78 is 5.91. The van der Waals surface area contributed by atoms with Crippen molar-refractivity contribution in [2.24, 2.45) is 0 Å². The van der Waals surface area contributed by atoms with Gasteiger partial charge in [-0.15, -0.1) is 0 Å². The monoisotopic (exact) mass is 311 g/mol. The van der Waals surface area contributed by atoms with Crippen LogP contribution in [0.5, 0.6) is 11.6 Å². The molecule has 0 spiro atoms. The van der Waals surface area contributed by atoms with Gasteiger partial charge < -0.3 is 4.74 Å². The number of pyridine rings is 1. The topological polar surface area (TPSA) is 22.1 Å². The molecule has 2 nitrogen and oxygen atoms in total. The molecule has 0 saturated heterocycles. The fraction of sp³-hybridized carbons (Fsp3) is 0.0455. The molecule has 0 aliphatic carbocycles. The van der Waals surface area contributed by atoms with Crippen molar-refractivity contribution in [3.63, 3.8) is 0 Å². The van der Waals surface area contributed by atoms with E-state index >= 15 is 0 Å². The third-order valence-electron chi connectivity index (χ3n) is 4.11. The average molecular weight is 311 g/mol. The zero-order chi connectivity index (χ0) is 16.4. The Kier molecular flexibility index (Phi) is 3.72. The van der Waals surface area contributed by atoms with Crippen molar-refractivity contribution in [2.45, 2.75) is 6.92 Å². The zero-order valence-electron chi connectivity index (χ0n) is 13.4. The number of hydrogen-bond acceptors (Lipinski definition) is 2. The highest BCUT2D eigenvalue weighted by Crippen LogP contribution is 2.33. The van der Waals surface area contributed by atoms with Crippen LogP contribution in [0, 0.1) is 6.92 Å². The number of rotatable bonds is 3. The summed E-state index contributed by atoms with van der Waals surface area (Å²) in [6.07, 6.45) is 1.87. The van der Waals surface area contributed by atoms with Gasteiger partial charge in [-0.05, 0) is 41.1 Å². The molecule has 0 aliphatic rings. The number of hydrogen-bond donors (Lipinski definition) is 0. The number of fused-ring (bicyclic) bond motifs is 1. The van der Waals surface area contributed by atoms with Gasteiger partial charge in [0.15, 0.2) is 0 Å². The van der Waals surface area contributed by atoms with Crippen molar-refractivity contribution in [1.82, 2.24) is 4.98 Å². The molecular formula is C22H17NO. The van der Waals surface area contributed by atoms with Crippen LogP contribution in [0.25, 0.3) is 21.9 Å². The fourth-order valence-electron chi connectivity index (χ4n) is 2.96. The predicted molar refractivity (Wildman–Crippen MR) is 98.4 cm³/mol. The first-order chi connectivity index (χ1) is 11.8. The lowest BCUT2D eigenvalue weighted by Gasteiger charge is -2.12. The molecule has 2 heteroatoms. The van der Waals surface area contributed by atoms with Gasteiger partial charge in [0.05, 0.1) is 0 Å². The van der Waals surface area contributed by atoms with Gasteiger partial charge in [0.1, 0.15) is 5.75 Å². The number of benzene rings is 3. The Balaban J connectivity index is 1.86. The van der Waals surface area contributed by atoms with E-state index in [9.17, 15) is 0 Å². The molecule has 0 atom stereocenters. The molecule has 0 aliphatic heterocycles. The van der Waals surface area contributed by atoms with Crippen LogP contribution in [0.2, 0.25) is 0 Å². The summed E-state index contributed by atoms with van der Waals surface area (Å²) in [5.74, 6) is 1.40. The minimum absolute atomic E-state index is 0.608. The lowest BCUT2D eigenvalue weighted by atomic mass is 9.95. The van der Waals surface area contributed by atoms with E-state index in [1.165, 1.54) is 16.7 Å². The fourth-order valence-corrected chi connectivity index (χ4v) is 2.96. The molecule has 4 rings (SSSR count). The molecule has 116 valence electrons. The van der Waals surface area contributed by atoms with Crippen molar-refractivity contribution in [1.29, 1.82) is 0 Å². The lowest BCUT2D eigenvalue weighted by Crippen LogP contribution is -1.91. The summed E-state index contributed by atoms with van der Waals surface area (Å²) in [6.45, 7) is 2.14. The molecule has 3 aromatic carbocycles. The molecule has 0 amide bonds. The van der Waals surface area contributed by atoms with Gasteiger partial charge in [-0.1, -0.05) is 60.7 Å². The summed E-state index contributed by atoms with van der Waals surface area (Å²) in [5.41, 5.74) is 3.68. The maximum absolute atomic E-state index is 5.91. The first-order valence-corrected chi connectivity index (χ1v) is 7.99. The molecule has 1 aromatic heterocycles. The maximum atomic E-state index is 5.91. The van der Waals surface area contributed by atoms with E-state index in [0.29, 0.717) is 5.88 Å². The molecule has 24 heavy (non-hydrogen) atoms. The summed E-state index contributed by atoms with van der Waals surface area (Å²) >= 11 is 0. The van der Waals surface area contributed by atoms with Crippen molar-refractivity contribution in [3.05, 3.63) is 90.6 Å². The molecule has 0 saturated carbocycles. The SMILES string of the molecule is Cc1ccc2cnc(Oc3ccccc3)cc2c1-c1ccccc1. The Morgan fingerprint density at radius 2 is 1.50 bits per heavy atom.